The zero-order valence-electron chi connectivity index (χ0n) is 37.9. The van der Waals surface area contributed by atoms with Crippen molar-refractivity contribution in [2.24, 2.45) is 0 Å². The zero-order valence-corrected chi connectivity index (χ0v) is 37.9. The summed E-state index contributed by atoms with van der Waals surface area (Å²) in [4.78, 5) is 41.4. The summed E-state index contributed by atoms with van der Waals surface area (Å²) in [5.41, 5.74) is 0.790. The molecule has 12 nitrogen and oxygen atoms in total. The molecule has 0 bridgehead atoms. The third-order valence-corrected chi connectivity index (χ3v) is 11.8. The van der Waals surface area contributed by atoms with E-state index in [-0.39, 0.29) is 6.61 Å². The fourth-order valence-electron chi connectivity index (χ4n) is 7.90. The minimum Gasteiger partial charge on any atom is -0.445 e. The molecule has 12 heteroatoms. The highest BCUT2D eigenvalue weighted by atomic mass is 16.6. The summed E-state index contributed by atoms with van der Waals surface area (Å²) >= 11 is 0. The van der Waals surface area contributed by atoms with Gasteiger partial charge in [0.15, 0.2) is 6.23 Å². The van der Waals surface area contributed by atoms with Gasteiger partial charge in [-0.3, -0.25) is 9.69 Å². The Kier molecular flexibility index (Phi) is 30.7. The molecule has 1 aromatic carbocycles. The molecular weight excluding hydrogens is 761 g/mol. The van der Waals surface area contributed by atoms with Gasteiger partial charge >= 0.3 is 12.1 Å². The van der Waals surface area contributed by atoms with Crippen molar-refractivity contribution in [3.8, 4) is 0 Å². The summed E-state index contributed by atoms with van der Waals surface area (Å²) in [6.07, 6.45) is 25.1. The largest absolute Gasteiger partial charge is 0.445 e. The second-order valence-electron chi connectivity index (χ2n) is 17.1. The number of aliphatic hydroxyl groups excluding tert-OH is 3. The van der Waals surface area contributed by atoms with Crippen LogP contribution < -0.4 is 16.0 Å². The first-order valence-corrected chi connectivity index (χ1v) is 24.2. The summed E-state index contributed by atoms with van der Waals surface area (Å²) in [5.74, 6) is -0.660. The number of amides is 4. The Balaban J connectivity index is 1.96. The van der Waals surface area contributed by atoms with E-state index in [1.165, 1.54) is 134 Å². The van der Waals surface area contributed by atoms with E-state index in [4.69, 9.17) is 9.47 Å². The van der Waals surface area contributed by atoms with Crippen molar-refractivity contribution < 1.29 is 39.2 Å². The number of rotatable bonds is 35. The minimum atomic E-state index is -1.56. The highest BCUT2D eigenvalue weighted by Gasteiger charge is 2.48. The van der Waals surface area contributed by atoms with Crippen LogP contribution in [0.1, 0.15) is 193 Å². The summed E-state index contributed by atoms with van der Waals surface area (Å²) in [7, 11) is 0. The highest BCUT2D eigenvalue weighted by molar-refractivity contribution is 5.85. The normalized spacial score (nSPS) is 19.4. The van der Waals surface area contributed by atoms with E-state index in [2.05, 4.69) is 29.8 Å². The smallest absolute Gasteiger partial charge is 0.408 e. The number of unbranched alkanes of at least 4 members (excludes halogenated alkanes) is 24. The molecule has 0 spiro atoms. The van der Waals surface area contributed by atoms with Gasteiger partial charge in [-0.1, -0.05) is 198 Å². The van der Waals surface area contributed by atoms with Crippen molar-refractivity contribution in [2.75, 3.05) is 19.7 Å². The van der Waals surface area contributed by atoms with Crippen LogP contribution in [0.25, 0.3) is 0 Å². The number of benzene rings is 1. The first-order chi connectivity index (χ1) is 29.2. The van der Waals surface area contributed by atoms with E-state index >= 15 is 0 Å². The van der Waals surface area contributed by atoms with Crippen molar-refractivity contribution in [3.05, 3.63) is 35.9 Å². The number of carbonyl (C=O) groups is 3. The van der Waals surface area contributed by atoms with Crippen molar-refractivity contribution in [1.82, 2.24) is 20.9 Å². The molecule has 1 fully saturated rings. The lowest BCUT2D eigenvalue weighted by Gasteiger charge is -2.46. The lowest BCUT2D eigenvalue weighted by atomic mass is 9.94. The lowest BCUT2D eigenvalue weighted by molar-refractivity contribution is -0.224. The second-order valence-corrected chi connectivity index (χ2v) is 17.1. The molecule has 1 aliphatic rings. The number of hydrogen-bond acceptors (Lipinski definition) is 8. The first-order valence-electron chi connectivity index (χ1n) is 24.2. The number of carbonyl (C=O) groups excluding carboxylic acids is 3. The van der Waals surface area contributed by atoms with Gasteiger partial charge in [-0.05, 0) is 25.3 Å². The predicted molar refractivity (Wildman–Crippen MR) is 240 cm³/mol. The van der Waals surface area contributed by atoms with Crippen LogP contribution in [0.2, 0.25) is 0 Å². The molecule has 0 unspecified atom stereocenters. The number of hydrogen-bond donors (Lipinski definition) is 6. The van der Waals surface area contributed by atoms with Gasteiger partial charge in [-0.15, -0.1) is 0 Å². The van der Waals surface area contributed by atoms with E-state index in [0.717, 1.165) is 44.1 Å². The molecule has 346 valence electrons. The molecule has 1 aromatic rings. The number of alkyl carbamates (subject to hydrolysis) is 1. The molecule has 1 heterocycles. The van der Waals surface area contributed by atoms with Gasteiger partial charge < -0.3 is 40.7 Å². The summed E-state index contributed by atoms with van der Waals surface area (Å²) in [6.45, 7) is 6.16. The van der Waals surface area contributed by atoms with Gasteiger partial charge in [0.2, 0.25) is 5.91 Å². The van der Waals surface area contributed by atoms with Crippen LogP contribution in [-0.4, -0.2) is 94.6 Å². The maximum atomic E-state index is 13.9. The van der Waals surface area contributed by atoms with E-state index in [1.54, 1.807) is 0 Å². The number of urea groups is 1. The molecule has 0 aromatic heterocycles. The molecular formula is C48H86N4O8. The lowest BCUT2D eigenvalue weighted by Crippen LogP contribution is -2.70. The number of nitrogens with one attached hydrogen (secondary N) is 3. The standard InChI is InChI=1S/C48H86N4O8/c1-4-6-8-10-12-14-16-17-18-19-20-21-23-25-27-32-36-52(47(57)49-35-31-26-24-22-15-13-11-9-7-5-2)46-42(44(55)43(54)41(37-53)60-46)51-45(56)39(3)50-48(58)59-38-40-33-29-28-30-34-40/h28-30,33-34,39,41-44,46,53-55H,4-27,31-32,35-38H2,1-3H3,(H,49,57)(H,50,58)(H,51,56)/t39-,41+,42+,43+,44+,46+/m0/s1. The monoisotopic (exact) mass is 847 g/mol. The zero-order chi connectivity index (χ0) is 43.6. The molecule has 0 saturated carbocycles. The van der Waals surface area contributed by atoms with Gasteiger partial charge in [0.05, 0.1) is 6.61 Å². The van der Waals surface area contributed by atoms with E-state index in [1.807, 2.05) is 30.3 Å². The van der Waals surface area contributed by atoms with Crippen LogP contribution >= 0.6 is 0 Å². The first kappa shape index (κ1) is 53.2. The van der Waals surface area contributed by atoms with Crippen LogP contribution in [0.15, 0.2) is 30.3 Å². The molecule has 6 N–H and O–H groups in total. The molecule has 6 atom stereocenters. The van der Waals surface area contributed by atoms with Crippen LogP contribution in [0, 0.1) is 0 Å². The van der Waals surface area contributed by atoms with Crippen LogP contribution in [0.3, 0.4) is 0 Å². The molecule has 2 rings (SSSR count). The maximum absolute atomic E-state index is 13.9. The van der Waals surface area contributed by atoms with E-state index in [9.17, 15) is 29.7 Å². The Hall–Kier alpha value is -2.93. The Morgan fingerprint density at radius 3 is 1.63 bits per heavy atom. The van der Waals surface area contributed by atoms with Gasteiger partial charge in [0.25, 0.3) is 0 Å². The van der Waals surface area contributed by atoms with Crippen molar-refractivity contribution >= 4 is 18.0 Å². The molecule has 0 radical (unpaired) electrons. The van der Waals surface area contributed by atoms with Gasteiger partial charge in [-0.25, -0.2) is 9.59 Å². The fraction of sp³-hybridized carbons (Fsp3) is 0.812. The minimum absolute atomic E-state index is 0.0234. The SMILES string of the molecule is CCCCCCCCCCCCCCCCCCN(C(=O)NCCCCCCCCCCCC)[C@@H]1O[C@H](CO)[C@@H](O)[C@H](O)[C@H]1NC(=O)[C@H](C)NC(=O)OCc1ccccc1. The molecule has 1 saturated heterocycles. The third kappa shape index (κ3) is 23.3. The Morgan fingerprint density at radius 2 is 1.15 bits per heavy atom. The number of aliphatic hydroxyl groups is 3. The molecule has 0 aliphatic carbocycles. The topological polar surface area (TPSA) is 170 Å². The summed E-state index contributed by atoms with van der Waals surface area (Å²) in [6, 6.07) is 6.44. The molecule has 1 aliphatic heterocycles. The number of nitrogens with zero attached hydrogens (tertiary/aromatic N) is 1. The Bertz CT molecular complexity index is 1230. The fourth-order valence-corrected chi connectivity index (χ4v) is 7.90. The second kappa shape index (κ2) is 34.6. The van der Waals surface area contributed by atoms with Gasteiger partial charge in [-0.2, -0.15) is 0 Å². The quantitative estimate of drug-likeness (QED) is 0.0367. The van der Waals surface area contributed by atoms with Crippen LogP contribution in [0.5, 0.6) is 0 Å². The van der Waals surface area contributed by atoms with Gasteiger partial charge in [0, 0.05) is 13.1 Å². The maximum Gasteiger partial charge on any atom is 0.408 e. The summed E-state index contributed by atoms with van der Waals surface area (Å²) < 4.78 is 11.4. The van der Waals surface area contributed by atoms with E-state index < -0.39 is 61.3 Å². The predicted octanol–water partition coefficient (Wildman–Crippen LogP) is 9.42. The highest BCUT2D eigenvalue weighted by Crippen LogP contribution is 2.25. The third-order valence-electron chi connectivity index (χ3n) is 11.8. The average molecular weight is 847 g/mol. The molecule has 4 amide bonds. The van der Waals surface area contributed by atoms with Crippen LogP contribution in [0.4, 0.5) is 9.59 Å². The molecule has 60 heavy (non-hydrogen) atoms. The van der Waals surface area contributed by atoms with Crippen molar-refractivity contribution in [2.45, 2.75) is 231 Å². The van der Waals surface area contributed by atoms with Crippen molar-refractivity contribution in [3.63, 3.8) is 0 Å². The average Bonchev–Trinajstić information content (AvgIpc) is 3.25. The Labute approximate surface area is 363 Å². The Morgan fingerprint density at radius 1 is 0.683 bits per heavy atom. The van der Waals surface area contributed by atoms with Gasteiger partial charge in [0.1, 0.15) is 37.0 Å². The number of ether oxygens (including phenoxy) is 2. The van der Waals surface area contributed by atoms with Crippen LogP contribution in [-0.2, 0) is 20.9 Å². The van der Waals surface area contributed by atoms with E-state index in [0.29, 0.717) is 19.5 Å². The van der Waals surface area contributed by atoms with Crippen molar-refractivity contribution in [1.29, 1.82) is 0 Å². The summed E-state index contributed by atoms with van der Waals surface area (Å²) in [5, 5.41) is 40.5.